The Bertz CT molecular complexity index is 750. The maximum absolute atomic E-state index is 12.8. The zero-order valence-corrected chi connectivity index (χ0v) is 14.9. The molecule has 0 bridgehead atoms. The number of carbonyl (C=O) groups is 1. The zero-order valence-electron chi connectivity index (χ0n) is 14.1. The van der Waals surface area contributed by atoms with Crippen LogP contribution < -0.4 is 10.9 Å². The van der Waals surface area contributed by atoms with E-state index in [-0.39, 0.29) is 23.3 Å². The molecule has 0 saturated carbocycles. The highest BCUT2D eigenvalue weighted by Gasteiger charge is 2.17. The number of hydrogen-bond acceptors (Lipinski definition) is 4. The molecule has 1 atom stereocenters. The molecular formula is C16H24N4O2S. The fraction of sp³-hybridized carbons (Fsp3) is 0.562. The standard InChI is InChI=1S/C16H24N4O2S/c1-5-7-17-13(21)9-23-16-19-12-8-10(3)18-14(12)15(22)20(16)11(4)6-2/h8,11,18H,5-7,9H2,1-4H3,(H,17,21)/t11-/m0/s1. The second-order valence-electron chi connectivity index (χ2n) is 5.68. The van der Waals surface area contributed by atoms with Gasteiger partial charge in [0.1, 0.15) is 5.52 Å². The summed E-state index contributed by atoms with van der Waals surface area (Å²) in [6.07, 6.45) is 1.73. The van der Waals surface area contributed by atoms with Gasteiger partial charge in [-0.3, -0.25) is 14.2 Å². The summed E-state index contributed by atoms with van der Waals surface area (Å²) in [5.41, 5.74) is 2.02. The van der Waals surface area contributed by atoms with Crippen molar-refractivity contribution in [2.45, 2.75) is 51.7 Å². The van der Waals surface area contributed by atoms with Crippen molar-refractivity contribution in [2.24, 2.45) is 0 Å². The third kappa shape index (κ3) is 3.96. The maximum Gasteiger partial charge on any atom is 0.278 e. The number of carbonyl (C=O) groups excluding carboxylic acids is 1. The van der Waals surface area contributed by atoms with Gasteiger partial charge in [-0.05, 0) is 32.8 Å². The predicted octanol–water partition coefficient (Wildman–Crippen LogP) is 2.62. The average molecular weight is 336 g/mol. The fourth-order valence-corrected chi connectivity index (χ4v) is 3.24. The van der Waals surface area contributed by atoms with Crippen LogP contribution in [0, 0.1) is 6.92 Å². The Hall–Kier alpha value is -1.76. The van der Waals surface area contributed by atoms with E-state index in [1.54, 1.807) is 4.57 Å². The topological polar surface area (TPSA) is 79.8 Å². The van der Waals surface area contributed by atoms with Crippen molar-refractivity contribution in [3.05, 3.63) is 22.1 Å². The molecule has 0 aliphatic rings. The number of fused-ring (bicyclic) bond motifs is 1. The molecule has 2 aromatic rings. The van der Waals surface area contributed by atoms with Crippen LogP contribution in [-0.4, -0.2) is 32.7 Å². The van der Waals surface area contributed by atoms with E-state index in [1.807, 2.05) is 33.8 Å². The van der Waals surface area contributed by atoms with Crippen LogP contribution in [0.4, 0.5) is 0 Å². The molecule has 0 saturated heterocycles. The molecule has 0 fully saturated rings. The number of aryl methyl sites for hydroxylation is 1. The van der Waals surface area contributed by atoms with Crippen LogP contribution in [0.5, 0.6) is 0 Å². The van der Waals surface area contributed by atoms with Crippen LogP contribution in [0.3, 0.4) is 0 Å². The van der Waals surface area contributed by atoms with Crippen molar-refractivity contribution in [3.63, 3.8) is 0 Å². The van der Waals surface area contributed by atoms with E-state index in [0.717, 1.165) is 18.5 Å². The molecule has 0 aromatic carbocycles. The first-order valence-corrected chi connectivity index (χ1v) is 8.97. The van der Waals surface area contributed by atoms with Gasteiger partial charge in [-0.25, -0.2) is 4.98 Å². The highest BCUT2D eigenvalue weighted by molar-refractivity contribution is 7.99. The first-order valence-electron chi connectivity index (χ1n) is 7.99. The highest BCUT2D eigenvalue weighted by atomic mass is 32.2. The summed E-state index contributed by atoms with van der Waals surface area (Å²) in [5, 5.41) is 3.44. The van der Waals surface area contributed by atoms with Gasteiger partial charge in [0.25, 0.3) is 5.56 Å². The minimum atomic E-state index is -0.0751. The Labute approximate surface area is 140 Å². The van der Waals surface area contributed by atoms with Gasteiger partial charge in [0, 0.05) is 18.3 Å². The van der Waals surface area contributed by atoms with Crippen LogP contribution in [-0.2, 0) is 4.79 Å². The third-order valence-corrected chi connectivity index (χ3v) is 4.68. The Morgan fingerprint density at radius 1 is 1.48 bits per heavy atom. The normalized spacial score (nSPS) is 12.5. The molecule has 6 nitrogen and oxygen atoms in total. The molecule has 0 radical (unpaired) electrons. The average Bonchev–Trinajstić information content (AvgIpc) is 2.91. The molecule has 0 unspecified atom stereocenters. The summed E-state index contributed by atoms with van der Waals surface area (Å²) < 4.78 is 1.69. The molecule has 1 amide bonds. The van der Waals surface area contributed by atoms with Gasteiger partial charge < -0.3 is 10.3 Å². The van der Waals surface area contributed by atoms with Crippen molar-refractivity contribution in [2.75, 3.05) is 12.3 Å². The van der Waals surface area contributed by atoms with Gasteiger partial charge in [-0.2, -0.15) is 0 Å². The van der Waals surface area contributed by atoms with Crippen LogP contribution >= 0.6 is 11.8 Å². The number of nitrogens with zero attached hydrogens (tertiary/aromatic N) is 2. The molecular weight excluding hydrogens is 312 g/mol. The maximum atomic E-state index is 12.8. The number of thioether (sulfide) groups is 1. The van der Waals surface area contributed by atoms with Gasteiger partial charge in [0.05, 0.1) is 11.3 Å². The lowest BCUT2D eigenvalue weighted by atomic mass is 10.2. The summed E-state index contributed by atoms with van der Waals surface area (Å²) in [5.74, 6) is 0.227. The third-order valence-electron chi connectivity index (χ3n) is 3.72. The van der Waals surface area contributed by atoms with Gasteiger partial charge in [-0.1, -0.05) is 25.6 Å². The first-order chi connectivity index (χ1) is 11.0. The summed E-state index contributed by atoms with van der Waals surface area (Å²) in [6.45, 7) is 8.61. The second kappa shape index (κ2) is 7.68. The Kier molecular flexibility index (Phi) is 5.87. The number of aromatic amines is 1. The fourth-order valence-electron chi connectivity index (χ4n) is 2.31. The quantitative estimate of drug-likeness (QED) is 0.602. The van der Waals surface area contributed by atoms with Crippen LogP contribution in [0.1, 0.15) is 45.3 Å². The number of nitrogens with one attached hydrogen (secondary N) is 2. The zero-order chi connectivity index (χ0) is 17.0. The van der Waals surface area contributed by atoms with E-state index >= 15 is 0 Å². The lowest BCUT2D eigenvalue weighted by Gasteiger charge is -2.17. The first kappa shape index (κ1) is 17.6. The second-order valence-corrected chi connectivity index (χ2v) is 6.62. The van der Waals surface area contributed by atoms with E-state index < -0.39 is 0 Å². The summed E-state index contributed by atoms with van der Waals surface area (Å²) in [6, 6.07) is 1.89. The van der Waals surface area contributed by atoms with Gasteiger partial charge in [0.2, 0.25) is 5.91 Å². The molecule has 0 spiro atoms. The molecule has 2 rings (SSSR count). The van der Waals surface area contributed by atoms with E-state index in [2.05, 4.69) is 15.3 Å². The molecule has 2 heterocycles. The van der Waals surface area contributed by atoms with Crippen LogP contribution in [0.15, 0.2) is 16.0 Å². The minimum Gasteiger partial charge on any atom is -0.355 e. The monoisotopic (exact) mass is 336 g/mol. The molecule has 2 N–H and O–H groups in total. The smallest absolute Gasteiger partial charge is 0.278 e. The number of aromatic nitrogens is 3. The Morgan fingerprint density at radius 3 is 2.87 bits per heavy atom. The number of rotatable bonds is 7. The molecule has 7 heteroatoms. The SMILES string of the molecule is CCCNC(=O)CSc1nc2cc(C)[nH]c2c(=O)n1[C@@H](C)CC. The largest absolute Gasteiger partial charge is 0.355 e. The highest BCUT2D eigenvalue weighted by Crippen LogP contribution is 2.22. The van der Waals surface area contributed by atoms with Gasteiger partial charge in [-0.15, -0.1) is 0 Å². The van der Waals surface area contributed by atoms with E-state index in [4.69, 9.17) is 0 Å². The van der Waals surface area contributed by atoms with Crippen molar-refractivity contribution in [1.82, 2.24) is 19.9 Å². The van der Waals surface area contributed by atoms with Crippen molar-refractivity contribution < 1.29 is 4.79 Å². The van der Waals surface area contributed by atoms with E-state index in [1.165, 1.54) is 11.8 Å². The summed E-state index contributed by atoms with van der Waals surface area (Å²) >= 11 is 1.31. The lowest BCUT2D eigenvalue weighted by Crippen LogP contribution is -2.28. The minimum absolute atomic E-state index is 0.0317. The van der Waals surface area contributed by atoms with Gasteiger partial charge in [0.15, 0.2) is 5.16 Å². The molecule has 0 aliphatic heterocycles. The lowest BCUT2D eigenvalue weighted by molar-refractivity contribution is -0.118. The molecule has 0 aliphatic carbocycles. The van der Waals surface area contributed by atoms with E-state index in [9.17, 15) is 9.59 Å². The predicted molar refractivity (Wildman–Crippen MR) is 94.1 cm³/mol. The van der Waals surface area contributed by atoms with E-state index in [0.29, 0.717) is 22.7 Å². The summed E-state index contributed by atoms with van der Waals surface area (Å²) in [4.78, 5) is 32.3. The number of hydrogen-bond donors (Lipinski definition) is 2. The van der Waals surface area contributed by atoms with Crippen molar-refractivity contribution in [3.8, 4) is 0 Å². The molecule has 23 heavy (non-hydrogen) atoms. The molecule has 126 valence electrons. The summed E-state index contributed by atoms with van der Waals surface area (Å²) in [7, 11) is 0. The number of amides is 1. The van der Waals surface area contributed by atoms with Crippen LogP contribution in [0.25, 0.3) is 11.0 Å². The van der Waals surface area contributed by atoms with Crippen LogP contribution in [0.2, 0.25) is 0 Å². The molecule has 2 aromatic heterocycles. The van der Waals surface area contributed by atoms with Gasteiger partial charge >= 0.3 is 0 Å². The Balaban J connectivity index is 2.36. The van der Waals surface area contributed by atoms with Crippen molar-refractivity contribution >= 4 is 28.7 Å². The Morgan fingerprint density at radius 2 is 2.22 bits per heavy atom. The number of H-pyrrole nitrogens is 1. The van der Waals surface area contributed by atoms with Crippen molar-refractivity contribution in [1.29, 1.82) is 0 Å².